The molecule has 0 amide bonds. The Morgan fingerprint density at radius 3 is 2.38 bits per heavy atom. The van der Waals surface area contributed by atoms with E-state index in [1.807, 2.05) is 6.07 Å². The summed E-state index contributed by atoms with van der Waals surface area (Å²) in [6, 6.07) is 1.94. The lowest BCUT2D eigenvalue weighted by molar-refractivity contribution is 0.411. The van der Waals surface area contributed by atoms with Crippen LogP contribution in [-0.2, 0) is 5.41 Å². The minimum Gasteiger partial charge on any atom is -0.495 e. The first-order valence-electron chi connectivity index (χ1n) is 4.15. The van der Waals surface area contributed by atoms with E-state index in [0.29, 0.717) is 0 Å². The predicted molar refractivity (Wildman–Crippen MR) is 57.2 cm³/mol. The average Bonchev–Trinajstić information content (AvgIpc) is 2.01. The molecule has 1 aromatic rings. The van der Waals surface area contributed by atoms with Crippen molar-refractivity contribution in [3.8, 4) is 5.75 Å². The number of ether oxygens (including phenoxy) is 1. The maximum absolute atomic E-state index is 5.07. The lowest BCUT2D eigenvalue weighted by Crippen LogP contribution is -2.14. The van der Waals surface area contributed by atoms with Gasteiger partial charge in [-0.3, -0.25) is 4.98 Å². The molecular formula is C10H14BrNO. The molecule has 0 N–H and O–H groups in total. The van der Waals surface area contributed by atoms with E-state index < -0.39 is 0 Å². The molecule has 0 saturated carbocycles. The van der Waals surface area contributed by atoms with E-state index >= 15 is 0 Å². The number of methoxy groups -OCH3 is 1. The van der Waals surface area contributed by atoms with E-state index in [9.17, 15) is 0 Å². The molecule has 1 heterocycles. The van der Waals surface area contributed by atoms with Gasteiger partial charge in [0.05, 0.1) is 19.0 Å². The van der Waals surface area contributed by atoms with Crippen LogP contribution < -0.4 is 4.74 Å². The molecular weight excluding hydrogens is 230 g/mol. The van der Waals surface area contributed by atoms with Crippen molar-refractivity contribution in [1.29, 1.82) is 0 Å². The van der Waals surface area contributed by atoms with Gasteiger partial charge in [-0.2, -0.15) is 0 Å². The maximum atomic E-state index is 5.07. The molecule has 0 fully saturated rings. The quantitative estimate of drug-likeness (QED) is 0.757. The van der Waals surface area contributed by atoms with Crippen LogP contribution in [-0.4, -0.2) is 12.1 Å². The third-order valence-corrected chi connectivity index (χ3v) is 2.37. The lowest BCUT2D eigenvalue weighted by Gasteiger charge is -2.19. The van der Waals surface area contributed by atoms with E-state index in [1.54, 1.807) is 13.3 Å². The van der Waals surface area contributed by atoms with Crippen molar-refractivity contribution in [3.63, 3.8) is 0 Å². The number of halogens is 1. The van der Waals surface area contributed by atoms with Crippen LogP contribution in [0.2, 0.25) is 0 Å². The van der Waals surface area contributed by atoms with Gasteiger partial charge >= 0.3 is 0 Å². The van der Waals surface area contributed by atoms with Crippen LogP contribution in [0.5, 0.6) is 5.75 Å². The number of nitrogens with zero attached hydrogens (tertiary/aromatic N) is 1. The fraction of sp³-hybridized carbons (Fsp3) is 0.500. The van der Waals surface area contributed by atoms with Crippen molar-refractivity contribution in [2.75, 3.05) is 7.11 Å². The van der Waals surface area contributed by atoms with Crippen molar-refractivity contribution >= 4 is 15.9 Å². The number of pyridine rings is 1. The molecule has 0 unspecified atom stereocenters. The fourth-order valence-electron chi connectivity index (χ4n) is 1.08. The molecule has 1 rings (SSSR count). The summed E-state index contributed by atoms with van der Waals surface area (Å²) in [5.41, 5.74) is 1.11. The van der Waals surface area contributed by atoms with Gasteiger partial charge in [-0.15, -0.1) is 0 Å². The molecule has 0 aliphatic heterocycles. The van der Waals surface area contributed by atoms with E-state index in [0.717, 1.165) is 15.9 Å². The Morgan fingerprint density at radius 1 is 1.38 bits per heavy atom. The van der Waals surface area contributed by atoms with Gasteiger partial charge in [0, 0.05) is 9.89 Å². The molecule has 0 saturated heterocycles. The van der Waals surface area contributed by atoms with Crippen LogP contribution in [0.3, 0.4) is 0 Å². The summed E-state index contributed by atoms with van der Waals surface area (Å²) < 4.78 is 6.07. The number of rotatable bonds is 1. The summed E-state index contributed by atoms with van der Waals surface area (Å²) in [6.45, 7) is 6.39. The minimum atomic E-state index is 0.0606. The van der Waals surface area contributed by atoms with Gasteiger partial charge in [-0.05, 0) is 22.0 Å². The highest BCUT2D eigenvalue weighted by Crippen LogP contribution is 2.29. The van der Waals surface area contributed by atoms with Crippen LogP contribution in [0.25, 0.3) is 0 Å². The van der Waals surface area contributed by atoms with E-state index in [-0.39, 0.29) is 5.41 Å². The predicted octanol–water partition coefficient (Wildman–Crippen LogP) is 3.15. The van der Waals surface area contributed by atoms with E-state index in [2.05, 4.69) is 41.7 Å². The number of hydrogen-bond acceptors (Lipinski definition) is 2. The van der Waals surface area contributed by atoms with Crippen molar-refractivity contribution in [1.82, 2.24) is 4.98 Å². The third kappa shape index (κ3) is 2.44. The highest BCUT2D eigenvalue weighted by Gasteiger charge is 2.18. The molecule has 0 spiro atoms. The van der Waals surface area contributed by atoms with Gasteiger partial charge in [0.1, 0.15) is 5.75 Å². The number of hydrogen-bond donors (Lipinski definition) is 0. The summed E-state index contributed by atoms with van der Waals surface area (Å²) in [5, 5.41) is 0. The first-order valence-corrected chi connectivity index (χ1v) is 4.94. The van der Waals surface area contributed by atoms with Crippen LogP contribution in [0.15, 0.2) is 16.7 Å². The molecule has 0 aromatic carbocycles. The minimum absolute atomic E-state index is 0.0606. The molecule has 0 bridgehead atoms. The van der Waals surface area contributed by atoms with Crippen molar-refractivity contribution in [2.45, 2.75) is 26.2 Å². The molecule has 0 atom stereocenters. The van der Waals surface area contributed by atoms with E-state index in [1.165, 1.54) is 0 Å². The number of aromatic nitrogens is 1. The van der Waals surface area contributed by atoms with Gasteiger partial charge in [0.15, 0.2) is 0 Å². The molecule has 1 aromatic heterocycles. The topological polar surface area (TPSA) is 22.1 Å². The summed E-state index contributed by atoms with van der Waals surface area (Å²) >= 11 is 3.48. The Kier molecular flexibility index (Phi) is 2.96. The normalized spacial score (nSPS) is 11.5. The van der Waals surface area contributed by atoms with Crippen molar-refractivity contribution in [2.24, 2.45) is 0 Å². The van der Waals surface area contributed by atoms with Crippen LogP contribution in [0.4, 0.5) is 0 Å². The second-order valence-corrected chi connectivity index (χ2v) is 4.81. The molecule has 2 nitrogen and oxygen atoms in total. The van der Waals surface area contributed by atoms with Crippen LogP contribution >= 0.6 is 15.9 Å². The summed E-state index contributed by atoms with van der Waals surface area (Å²) in [6.07, 6.45) is 1.74. The molecule has 72 valence electrons. The standard InChI is InChI=1S/C10H14BrNO/c1-10(2,3)9-8(11)5-7(13-4)6-12-9/h5-6H,1-4H3. The van der Waals surface area contributed by atoms with Crippen LogP contribution in [0.1, 0.15) is 26.5 Å². The third-order valence-electron chi connectivity index (χ3n) is 1.76. The first kappa shape index (κ1) is 10.5. The molecule has 3 heteroatoms. The van der Waals surface area contributed by atoms with E-state index in [4.69, 9.17) is 4.74 Å². The second-order valence-electron chi connectivity index (χ2n) is 3.96. The summed E-state index contributed by atoms with van der Waals surface area (Å²) in [5.74, 6) is 0.778. The van der Waals surface area contributed by atoms with Crippen LogP contribution in [0, 0.1) is 0 Å². The second kappa shape index (κ2) is 3.66. The first-order chi connectivity index (χ1) is 5.95. The van der Waals surface area contributed by atoms with Crippen molar-refractivity contribution in [3.05, 3.63) is 22.4 Å². The summed E-state index contributed by atoms with van der Waals surface area (Å²) in [7, 11) is 1.64. The Labute approximate surface area is 87.5 Å². The Hall–Kier alpha value is -0.570. The van der Waals surface area contributed by atoms with Gasteiger partial charge < -0.3 is 4.74 Å². The fourth-order valence-corrected chi connectivity index (χ4v) is 2.01. The zero-order chi connectivity index (χ0) is 10.1. The molecule has 0 aliphatic rings. The average molecular weight is 244 g/mol. The lowest BCUT2D eigenvalue weighted by atomic mass is 9.92. The SMILES string of the molecule is COc1cnc(C(C)(C)C)c(Br)c1. The molecule has 0 aliphatic carbocycles. The van der Waals surface area contributed by atoms with Gasteiger partial charge in [-0.25, -0.2) is 0 Å². The van der Waals surface area contributed by atoms with Gasteiger partial charge in [-0.1, -0.05) is 20.8 Å². The van der Waals surface area contributed by atoms with Gasteiger partial charge in [0.25, 0.3) is 0 Å². The largest absolute Gasteiger partial charge is 0.495 e. The highest BCUT2D eigenvalue weighted by atomic mass is 79.9. The highest BCUT2D eigenvalue weighted by molar-refractivity contribution is 9.10. The monoisotopic (exact) mass is 243 g/mol. The van der Waals surface area contributed by atoms with Crippen molar-refractivity contribution < 1.29 is 4.74 Å². The zero-order valence-electron chi connectivity index (χ0n) is 8.39. The maximum Gasteiger partial charge on any atom is 0.138 e. The molecule has 0 radical (unpaired) electrons. The van der Waals surface area contributed by atoms with Gasteiger partial charge in [0.2, 0.25) is 0 Å². The summed E-state index contributed by atoms with van der Waals surface area (Å²) in [4.78, 5) is 4.35. The smallest absolute Gasteiger partial charge is 0.138 e. The molecule has 13 heavy (non-hydrogen) atoms. The Balaban J connectivity index is 3.13. The zero-order valence-corrected chi connectivity index (χ0v) is 9.97. The Bertz CT molecular complexity index is 304. The Morgan fingerprint density at radius 2 is 2.00 bits per heavy atom.